The van der Waals surface area contributed by atoms with Gasteiger partial charge in [0.15, 0.2) is 0 Å². The van der Waals surface area contributed by atoms with E-state index in [0.717, 1.165) is 5.57 Å². The normalized spacial score (nSPS) is 49.2. The van der Waals surface area contributed by atoms with E-state index >= 15 is 0 Å². The van der Waals surface area contributed by atoms with Crippen LogP contribution in [0.3, 0.4) is 0 Å². The fourth-order valence-corrected chi connectivity index (χ4v) is 6.82. The summed E-state index contributed by atoms with van der Waals surface area (Å²) in [5.74, 6) is -3.24. The van der Waals surface area contributed by atoms with Crippen molar-refractivity contribution in [3.05, 3.63) is 23.8 Å². The third-order valence-corrected chi connectivity index (χ3v) is 8.19. The van der Waals surface area contributed by atoms with Crippen LogP contribution in [0, 0.1) is 28.6 Å². The Bertz CT molecular complexity index is 788. The first-order chi connectivity index (χ1) is 13.1. The van der Waals surface area contributed by atoms with Crippen molar-refractivity contribution in [2.45, 2.75) is 50.4 Å². The Morgan fingerprint density at radius 2 is 2.00 bits per heavy atom. The van der Waals surface area contributed by atoms with Gasteiger partial charge in [-0.25, -0.2) is 0 Å². The summed E-state index contributed by atoms with van der Waals surface area (Å²) in [5, 5.41) is 32.1. The molecule has 4 aliphatic carbocycles. The highest BCUT2D eigenvalue weighted by Crippen LogP contribution is 2.73. The van der Waals surface area contributed by atoms with Crippen molar-refractivity contribution < 1.29 is 34.4 Å². The van der Waals surface area contributed by atoms with Crippen LogP contribution < -0.4 is 0 Å². The Kier molecular flexibility index (Phi) is 4.14. The lowest BCUT2D eigenvalue weighted by Crippen LogP contribution is -2.56. The Hall–Kier alpha value is -1.70. The lowest BCUT2D eigenvalue weighted by molar-refractivity contribution is -0.175. The van der Waals surface area contributed by atoms with Crippen LogP contribution in [-0.4, -0.2) is 59.3 Å². The minimum atomic E-state index is -1.61. The zero-order chi connectivity index (χ0) is 20.6. The molecule has 0 aromatic carbocycles. The van der Waals surface area contributed by atoms with E-state index in [4.69, 9.17) is 9.47 Å². The second kappa shape index (κ2) is 5.90. The van der Waals surface area contributed by atoms with Gasteiger partial charge >= 0.3 is 11.9 Å². The fraction of sp³-hybridized carbons (Fsp3) is 0.714. The van der Waals surface area contributed by atoms with Gasteiger partial charge in [-0.05, 0) is 49.5 Å². The van der Waals surface area contributed by atoms with Crippen molar-refractivity contribution in [2.24, 2.45) is 28.6 Å². The first-order valence-electron chi connectivity index (χ1n) is 9.71. The predicted molar refractivity (Wildman–Crippen MR) is 98.1 cm³/mol. The number of aliphatic hydroxyl groups excluding tert-OH is 1. The Morgan fingerprint density at radius 1 is 1.32 bits per heavy atom. The molecule has 7 nitrogen and oxygen atoms in total. The molecule has 4 aliphatic rings. The second-order valence-corrected chi connectivity index (χ2v) is 9.19. The number of hydrogen-bond donors (Lipinski definition) is 3. The van der Waals surface area contributed by atoms with E-state index in [1.807, 2.05) is 0 Å². The molecule has 1 unspecified atom stereocenters. The van der Waals surface area contributed by atoms with Crippen LogP contribution in [0.1, 0.15) is 32.6 Å². The summed E-state index contributed by atoms with van der Waals surface area (Å²) in [6.07, 6.45) is 1.70. The van der Waals surface area contributed by atoms with Gasteiger partial charge in [-0.3, -0.25) is 9.59 Å². The molecule has 154 valence electrons. The van der Waals surface area contributed by atoms with Crippen LogP contribution in [0.4, 0.5) is 0 Å². The van der Waals surface area contributed by atoms with Crippen LogP contribution in [0.15, 0.2) is 23.8 Å². The molecule has 0 aromatic heterocycles. The van der Waals surface area contributed by atoms with Crippen LogP contribution in [0.25, 0.3) is 0 Å². The third-order valence-electron chi connectivity index (χ3n) is 8.19. The second-order valence-electron chi connectivity index (χ2n) is 9.19. The average molecular weight is 392 g/mol. The molecule has 0 aliphatic heterocycles. The molecule has 3 fully saturated rings. The topological polar surface area (TPSA) is 113 Å². The van der Waals surface area contributed by atoms with Gasteiger partial charge in [-0.2, -0.15) is 0 Å². The number of allylic oxidation sites excluding steroid dienone is 1. The van der Waals surface area contributed by atoms with Gasteiger partial charge < -0.3 is 24.8 Å². The van der Waals surface area contributed by atoms with E-state index in [-0.39, 0.29) is 5.92 Å². The highest BCUT2D eigenvalue weighted by Gasteiger charge is 2.74. The maximum absolute atomic E-state index is 13.0. The van der Waals surface area contributed by atoms with Crippen molar-refractivity contribution in [3.8, 4) is 0 Å². The molecular formula is C21H28O7. The number of rotatable bonds is 3. The van der Waals surface area contributed by atoms with E-state index in [0.29, 0.717) is 31.3 Å². The minimum absolute atomic E-state index is 0.0788. The molecule has 3 N–H and O–H groups in total. The van der Waals surface area contributed by atoms with Crippen molar-refractivity contribution in [2.75, 3.05) is 14.2 Å². The molecular weight excluding hydrogens is 364 g/mol. The van der Waals surface area contributed by atoms with Crippen molar-refractivity contribution in [1.29, 1.82) is 0 Å². The van der Waals surface area contributed by atoms with E-state index in [2.05, 4.69) is 6.58 Å². The van der Waals surface area contributed by atoms with Gasteiger partial charge in [-0.15, -0.1) is 0 Å². The number of carbonyl (C=O) groups is 2. The number of hydrogen-bond acceptors (Lipinski definition) is 6. The molecule has 0 saturated heterocycles. The van der Waals surface area contributed by atoms with Crippen molar-refractivity contribution >= 4 is 11.9 Å². The molecule has 0 aromatic rings. The fourth-order valence-electron chi connectivity index (χ4n) is 6.82. The maximum Gasteiger partial charge on any atom is 0.312 e. The molecule has 28 heavy (non-hydrogen) atoms. The summed E-state index contributed by atoms with van der Waals surface area (Å²) in [6.45, 7) is 5.56. The summed E-state index contributed by atoms with van der Waals surface area (Å²) < 4.78 is 10.5. The molecule has 1 spiro atoms. The zero-order valence-electron chi connectivity index (χ0n) is 16.5. The van der Waals surface area contributed by atoms with Gasteiger partial charge in [0.25, 0.3) is 0 Å². The van der Waals surface area contributed by atoms with Crippen molar-refractivity contribution in [1.82, 2.24) is 0 Å². The van der Waals surface area contributed by atoms with Crippen LogP contribution >= 0.6 is 0 Å². The molecule has 4 rings (SSSR count). The van der Waals surface area contributed by atoms with E-state index < -0.39 is 52.4 Å². The lowest BCUT2D eigenvalue weighted by atomic mass is 9.60. The molecule has 2 bridgehead atoms. The quantitative estimate of drug-likeness (QED) is 0.490. The number of esters is 1. The van der Waals surface area contributed by atoms with Gasteiger partial charge in [0.1, 0.15) is 17.6 Å². The van der Waals surface area contributed by atoms with Gasteiger partial charge in [0.05, 0.1) is 18.6 Å². The van der Waals surface area contributed by atoms with E-state index in [1.165, 1.54) is 21.1 Å². The van der Waals surface area contributed by atoms with Gasteiger partial charge in [0, 0.05) is 13.0 Å². The van der Waals surface area contributed by atoms with Gasteiger partial charge in [0.2, 0.25) is 0 Å². The summed E-state index contributed by atoms with van der Waals surface area (Å²) in [4.78, 5) is 25.4. The number of aliphatic hydroxyl groups is 2. The van der Waals surface area contributed by atoms with Crippen LogP contribution in [0.5, 0.6) is 0 Å². The largest absolute Gasteiger partial charge is 0.481 e. The van der Waals surface area contributed by atoms with E-state index in [9.17, 15) is 24.9 Å². The molecule has 3 saturated carbocycles. The molecule has 0 heterocycles. The molecule has 0 radical (unpaired) electrons. The first-order valence-corrected chi connectivity index (χ1v) is 9.71. The number of fused-ring (bicyclic) bond motifs is 3. The number of carbonyl (C=O) groups excluding carboxylic acids is 1. The third kappa shape index (κ3) is 2.10. The highest BCUT2D eigenvalue weighted by atomic mass is 16.5. The van der Waals surface area contributed by atoms with Crippen molar-refractivity contribution in [3.63, 3.8) is 0 Å². The summed E-state index contributed by atoms with van der Waals surface area (Å²) >= 11 is 0. The Balaban J connectivity index is 1.97. The highest BCUT2D eigenvalue weighted by molar-refractivity contribution is 5.82. The smallest absolute Gasteiger partial charge is 0.312 e. The zero-order valence-corrected chi connectivity index (χ0v) is 16.5. The average Bonchev–Trinajstić information content (AvgIpc) is 3.03. The first kappa shape index (κ1) is 19.6. The molecule has 8 atom stereocenters. The molecule has 7 heteroatoms. The predicted octanol–water partition coefficient (Wildman–Crippen LogP) is 1.29. The molecule has 0 amide bonds. The summed E-state index contributed by atoms with van der Waals surface area (Å²) in [7, 11) is 2.73. The van der Waals surface area contributed by atoms with E-state index in [1.54, 1.807) is 6.08 Å². The standard InChI is InChI=1S/C21H28O7/c1-10-8-20-9-21(10,26)6-5-12(20)11-7-13(27-3)16(22)19(2,18(24)25)14(11)15(20)17(23)28-4/h7,12-16,22,26H,1,5-6,8-9H2,2-4H3,(H,24,25)/t12-,13?,14+,15+,16-,19-,20-,21-/m0/s1. The monoisotopic (exact) mass is 392 g/mol. The van der Waals surface area contributed by atoms with Crippen LogP contribution in [0.2, 0.25) is 0 Å². The maximum atomic E-state index is 13.0. The van der Waals surface area contributed by atoms with Gasteiger partial charge in [-0.1, -0.05) is 18.2 Å². The number of methoxy groups -OCH3 is 2. The van der Waals surface area contributed by atoms with Crippen LogP contribution in [-0.2, 0) is 19.1 Å². The lowest BCUT2D eigenvalue weighted by Gasteiger charge is -2.45. The Labute approximate surface area is 164 Å². The Morgan fingerprint density at radius 3 is 2.57 bits per heavy atom. The number of aliphatic carboxylic acids is 1. The minimum Gasteiger partial charge on any atom is -0.481 e. The summed E-state index contributed by atoms with van der Waals surface area (Å²) in [5.41, 5.74) is -1.75. The SMILES string of the molecule is C=C1C[C@]23C[C@@]1(O)CC[C@H]2C1=CC(OC)[C@H](O)[C@@](C)(C(=O)O)[C@H]1[C@@H]3C(=O)OC. The number of ether oxygens (including phenoxy) is 2. The summed E-state index contributed by atoms with van der Waals surface area (Å²) in [6, 6.07) is 0. The number of carboxylic acids is 1. The number of carboxylic acid groups (broad SMARTS) is 1.